The number of aromatic nitrogens is 1. The molecule has 0 atom stereocenters. The van der Waals surface area contributed by atoms with Crippen LogP contribution in [0.4, 0.5) is 0 Å². The van der Waals surface area contributed by atoms with Gasteiger partial charge in [0.2, 0.25) is 0 Å². The zero-order chi connectivity index (χ0) is 23.2. The van der Waals surface area contributed by atoms with Gasteiger partial charge < -0.3 is 24.3 Å². The van der Waals surface area contributed by atoms with E-state index in [9.17, 15) is 4.79 Å². The number of methoxy groups -OCH3 is 2. The van der Waals surface area contributed by atoms with E-state index in [0.717, 1.165) is 48.1 Å². The minimum atomic E-state index is 0. The van der Waals surface area contributed by atoms with Crippen LogP contribution >= 0.6 is 24.0 Å². The number of aliphatic imine (C=N–C) groups is 1. The SMILES string of the molecule is CN=C(NCc1ccc(Cn2ccccc2=O)cc1)N1CCc2cc(OC)c(OC)cc2C1.I. The number of nitrogens with zero attached hydrogens (tertiary/aromatic N) is 3. The number of hydrogen-bond donors (Lipinski definition) is 1. The smallest absolute Gasteiger partial charge is 0.250 e. The van der Waals surface area contributed by atoms with Crippen LogP contribution < -0.4 is 20.3 Å². The minimum absolute atomic E-state index is 0. The van der Waals surface area contributed by atoms with E-state index >= 15 is 0 Å². The zero-order valence-electron chi connectivity index (χ0n) is 19.8. The van der Waals surface area contributed by atoms with Crippen LogP contribution in [0.1, 0.15) is 22.3 Å². The Morgan fingerprint density at radius 1 is 1.00 bits per heavy atom. The molecule has 0 spiro atoms. The second-order valence-corrected chi connectivity index (χ2v) is 8.03. The molecule has 0 aliphatic carbocycles. The van der Waals surface area contributed by atoms with E-state index in [0.29, 0.717) is 13.1 Å². The quantitative estimate of drug-likeness (QED) is 0.277. The molecule has 3 aromatic rings. The van der Waals surface area contributed by atoms with E-state index in [2.05, 4.69) is 51.6 Å². The molecule has 0 saturated heterocycles. The first-order chi connectivity index (χ1) is 16.1. The number of rotatable bonds is 6. The molecular weight excluding hydrogens is 543 g/mol. The number of nitrogens with one attached hydrogen (secondary N) is 1. The van der Waals surface area contributed by atoms with Gasteiger partial charge in [0.15, 0.2) is 17.5 Å². The van der Waals surface area contributed by atoms with E-state index < -0.39 is 0 Å². The number of ether oxygens (including phenoxy) is 2. The molecule has 4 rings (SSSR count). The Morgan fingerprint density at radius 2 is 1.68 bits per heavy atom. The number of guanidine groups is 1. The lowest BCUT2D eigenvalue weighted by atomic mass is 9.99. The summed E-state index contributed by atoms with van der Waals surface area (Å²) in [6.07, 6.45) is 2.73. The summed E-state index contributed by atoms with van der Waals surface area (Å²) in [4.78, 5) is 18.7. The molecule has 2 aromatic carbocycles. The highest BCUT2D eigenvalue weighted by atomic mass is 127. The van der Waals surface area contributed by atoms with Crippen molar-refractivity contribution in [2.75, 3.05) is 27.8 Å². The van der Waals surface area contributed by atoms with Crippen molar-refractivity contribution < 1.29 is 9.47 Å². The number of hydrogen-bond acceptors (Lipinski definition) is 4. The third-order valence-electron chi connectivity index (χ3n) is 5.95. The van der Waals surface area contributed by atoms with Crippen molar-refractivity contribution in [1.82, 2.24) is 14.8 Å². The van der Waals surface area contributed by atoms with E-state index in [-0.39, 0.29) is 29.5 Å². The molecule has 0 unspecified atom stereocenters. The summed E-state index contributed by atoms with van der Waals surface area (Å²) in [5, 5.41) is 3.48. The van der Waals surface area contributed by atoms with Crippen molar-refractivity contribution in [3.8, 4) is 11.5 Å². The Bertz CT molecular complexity index is 1190. The summed E-state index contributed by atoms with van der Waals surface area (Å²) >= 11 is 0. The van der Waals surface area contributed by atoms with Crippen LogP contribution in [0.15, 0.2) is 70.6 Å². The molecule has 1 aliphatic rings. The van der Waals surface area contributed by atoms with Crippen molar-refractivity contribution in [2.24, 2.45) is 4.99 Å². The first-order valence-corrected chi connectivity index (χ1v) is 11.0. The standard InChI is InChI=1S/C26H30N4O3.HI/c1-27-26(30-13-11-21-14-23(32-2)24(33-3)15-22(21)18-30)28-16-19-7-9-20(10-8-19)17-29-12-5-4-6-25(29)31;/h4-10,12,14-15H,11,13,16-18H2,1-3H3,(H,27,28);1H. The second kappa shape index (κ2) is 11.9. The minimum Gasteiger partial charge on any atom is -0.493 e. The molecule has 1 aliphatic heterocycles. The number of pyridine rings is 1. The molecule has 0 radical (unpaired) electrons. The summed E-state index contributed by atoms with van der Waals surface area (Å²) in [6.45, 7) is 2.89. The van der Waals surface area contributed by atoms with Crippen LogP contribution in [0.3, 0.4) is 0 Å². The lowest BCUT2D eigenvalue weighted by molar-refractivity contribution is 0.346. The van der Waals surface area contributed by atoms with Crippen molar-refractivity contribution >= 4 is 29.9 Å². The molecule has 0 saturated carbocycles. The molecule has 1 N–H and O–H groups in total. The molecule has 0 amide bonds. The van der Waals surface area contributed by atoms with Crippen LogP contribution in [0.25, 0.3) is 0 Å². The predicted octanol–water partition coefficient (Wildman–Crippen LogP) is 3.67. The van der Waals surface area contributed by atoms with Gasteiger partial charge in [0, 0.05) is 38.9 Å². The van der Waals surface area contributed by atoms with Crippen molar-refractivity contribution in [2.45, 2.75) is 26.1 Å². The van der Waals surface area contributed by atoms with Gasteiger partial charge in [0.1, 0.15) is 0 Å². The van der Waals surface area contributed by atoms with Gasteiger partial charge in [0.25, 0.3) is 5.56 Å². The van der Waals surface area contributed by atoms with Crippen molar-refractivity contribution in [3.05, 3.63) is 93.4 Å². The van der Waals surface area contributed by atoms with Crippen LogP contribution in [0.2, 0.25) is 0 Å². The average molecular weight is 574 g/mol. The highest BCUT2D eigenvalue weighted by Gasteiger charge is 2.21. The van der Waals surface area contributed by atoms with E-state index in [1.165, 1.54) is 11.1 Å². The molecule has 2 heterocycles. The monoisotopic (exact) mass is 574 g/mol. The summed E-state index contributed by atoms with van der Waals surface area (Å²) in [7, 11) is 5.14. The van der Waals surface area contributed by atoms with Gasteiger partial charge in [-0.15, -0.1) is 24.0 Å². The number of benzene rings is 2. The Hall–Kier alpha value is -3.01. The van der Waals surface area contributed by atoms with Crippen LogP contribution in [0.5, 0.6) is 11.5 Å². The molecule has 0 bridgehead atoms. The van der Waals surface area contributed by atoms with Crippen molar-refractivity contribution in [1.29, 1.82) is 0 Å². The Morgan fingerprint density at radius 3 is 2.32 bits per heavy atom. The molecule has 180 valence electrons. The first-order valence-electron chi connectivity index (χ1n) is 11.0. The maximum atomic E-state index is 11.9. The highest BCUT2D eigenvalue weighted by molar-refractivity contribution is 14.0. The largest absolute Gasteiger partial charge is 0.493 e. The van der Waals surface area contributed by atoms with Gasteiger partial charge in [0.05, 0.1) is 20.8 Å². The van der Waals surface area contributed by atoms with Crippen LogP contribution in [0, 0.1) is 0 Å². The molecule has 0 fully saturated rings. The van der Waals surface area contributed by atoms with Gasteiger partial charge in [-0.1, -0.05) is 30.3 Å². The second-order valence-electron chi connectivity index (χ2n) is 8.03. The average Bonchev–Trinajstić information content (AvgIpc) is 2.85. The lowest BCUT2D eigenvalue weighted by Gasteiger charge is -2.32. The highest BCUT2D eigenvalue weighted by Crippen LogP contribution is 2.33. The summed E-state index contributed by atoms with van der Waals surface area (Å²) in [5.41, 5.74) is 4.76. The van der Waals surface area contributed by atoms with Gasteiger partial charge in [-0.3, -0.25) is 9.79 Å². The fourth-order valence-corrected chi connectivity index (χ4v) is 4.13. The Balaban J connectivity index is 0.00000324. The maximum Gasteiger partial charge on any atom is 0.250 e. The topological polar surface area (TPSA) is 68.1 Å². The molecule has 8 heteroatoms. The molecular formula is C26H31IN4O3. The van der Waals surface area contributed by atoms with Gasteiger partial charge in [-0.25, -0.2) is 0 Å². The van der Waals surface area contributed by atoms with E-state index in [1.54, 1.807) is 30.9 Å². The maximum absolute atomic E-state index is 11.9. The van der Waals surface area contributed by atoms with Gasteiger partial charge >= 0.3 is 0 Å². The van der Waals surface area contributed by atoms with Gasteiger partial charge in [-0.05, 0) is 46.9 Å². The van der Waals surface area contributed by atoms with Gasteiger partial charge in [-0.2, -0.15) is 0 Å². The Kier molecular flexibility index (Phi) is 8.98. The fraction of sp³-hybridized carbons (Fsp3) is 0.308. The molecule has 7 nitrogen and oxygen atoms in total. The fourth-order valence-electron chi connectivity index (χ4n) is 4.13. The number of halogens is 1. The van der Waals surface area contributed by atoms with Crippen LogP contribution in [-0.4, -0.2) is 43.2 Å². The molecule has 34 heavy (non-hydrogen) atoms. The summed E-state index contributed by atoms with van der Waals surface area (Å²) in [5.74, 6) is 2.39. The van der Waals surface area contributed by atoms with Crippen molar-refractivity contribution in [3.63, 3.8) is 0 Å². The lowest BCUT2D eigenvalue weighted by Crippen LogP contribution is -2.43. The van der Waals surface area contributed by atoms with E-state index in [4.69, 9.17) is 9.47 Å². The summed E-state index contributed by atoms with van der Waals surface area (Å²) < 4.78 is 12.6. The number of fused-ring (bicyclic) bond motifs is 1. The van der Waals surface area contributed by atoms with E-state index in [1.807, 2.05) is 19.3 Å². The summed E-state index contributed by atoms with van der Waals surface area (Å²) in [6, 6.07) is 17.7. The Labute approximate surface area is 217 Å². The first kappa shape index (κ1) is 25.6. The third kappa shape index (κ3) is 5.91. The third-order valence-corrected chi connectivity index (χ3v) is 5.95. The van der Waals surface area contributed by atoms with Crippen LogP contribution in [-0.2, 0) is 26.1 Å². The molecule has 1 aromatic heterocycles. The normalized spacial score (nSPS) is 13.0. The predicted molar refractivity (Wildman–Crippen MR) is 146 cm³/mol. The zero-order valence-corrected chi connectivity index (χ0v) is 22.1.